The molecule has 1 rings (SSSR count). The molecule has 3 nitrogen and oxygen atoms in total. The third-order valence-electron chi connectivity index (χ3n) is 2.58. The highest BCUT2D eigenvalue weighted by Gasteiger charge is 2.26. The lowest BCUT2D eigenvalue weighted by atomic mass is 10.0. The molecule has 13 heavy (non-hydrogen) atoms. The summed E-state index contributed by atoms with van der Waals surface area (Å²) in [4.78, 5) is 11.3. The Bertz CT molecular complexity index is 317. The van der Waals surface area contributed by atoms with Crippen LogP contribution in [0, 0.1) is 13.8 Å². The van der Waals surface area contributed by atoms with Gasteiger partial charge in [0, 0.05) is 6.20 Å². The largest absolute Gasteiger partial charge is 0.297 e. The van der Waals surface area contributed by atoms with E-state index in [-0.39, 0.29) is 5.78 Å². The summed E-state index contributed by atoms with van der Waals surface area (Å²) in [6.45, 7) is 9.28. The van der Waals surface area contributed by atoms with Crippen LogP contribution in [0.4, 0.5) is 0 Å². The molecular formula is C10H16N2O. The normalized spacial score (nSPS) is 11.8. The van der Waals surface area contributed by atoms with E-state index >= 15 is 0 Å². The van der Waals surface area contributed by atoms with Crippen LogP contribution in [0.2, 0.25) is 0 Å². The first kappa shape index (κ1) is 9.96. The number of rotatable bonds is 2. The summed E-state index contributed by atoms with van der Waals surface area (Å²) in [5.74, 6) is 0.120. The van der Waals surface area contributed by atoms with Gasteiger partial charge in [0.25, 0.3) is 0 Å². The molecular weight excluding hydrogens is 164 g/mol. The number of hydrogen-bond acceptors (Lipinski definition) is 2. The first-order valence-corrected chi connectivity index (χ1v) is 4.40. The van der Waals surface area contributed by atoms with Gasteiger partial charge in [0.2, 0.25) is 0 Å². The van der Waals surface area contributed by atoms with Crippen LogP contribution in [-0.4, -0.2) is 15.6 Å². The molecule has 0 saturated carbocycles. The smallest absolute Gasteiger partial charge is 0.156 e. The highest BCUT2D eigenvalue weighted by atomic mass is 16.1. The number of carbonyl (C=O) groups is 1. The van der Waals surface area contributed by atoms with Crippen molar-refractivity contribution in [2.24, 2.45) is 0 Å². The minimum atomic E-state index is -0.529. The van der Waals surface area contributed by atoms with Gasteiger partial charge in [-0.15, -0.1) is 0 Å². The summed E-state index contributed by atoms with van der Waals surface area (Å²) < 4.78 is 1.74. The van der Waals surface area contributed by atoms with Crippen LogP contribution in [0.1, 0.15) is 32.0 Å². The second-order valence-electron chi connectivity index (χ2n) is 3.96. The van der Waals surface area contributed by atoms with Crippen molar-refractivity contribution in [3.63, 3.8) is 0 Å². The summed E-state index contributed by atoms with van der Waals surface area (Å²) in [6.07, 6.45) is 1.91. The highest BCUT2D eigenvalue weighted by Crippen LogP contribution is 2.17. The Morgan fingerprint density at radius 1 is 1.46 bits per heavy atom. The van der Waals surface area contributed by atoms with Gasteiger partial charge in [0.1, 0.15) is 5.54 Å². The van der Waals surface area contributed by atoms with Gasteiger partial charge in [-0.2, -0.15) is 5.10 Å². The van der Waals surface area contributed by atoms with Crippen LogP contribution in [-0.2, 0) is 10.3 Å². The van der Waals surface area contributed by atoms with Crippen LogP contribution < -0.4 is 0 Å². The number of carbonyl (C=O) groups excluding carboxylic acids is 1. The van der Waals surface area contributed by atoms with E-state index in [0.717, 1.165) is 11.3 Å². The first-order chi connectivity index (χ1) is 5.85. The van der Waals surface area contributed by atoms with Crippen molar-refractivity contribution in [2.45, 2.75) is 40.2 Å². The second-order valence-corrected chi connectivity index (χ2v) is 3.96. The Balaban J connectivity index is 3.15. The van der Waals surface area contributed by atoms with Gasteiger partial charge in [0.05, 0.1) is 5.69 Å². The zero-order chi connectivity index (χ0) is 10.2. The Labute approximate surface area is 78.8 Å². The SMILES string of the molecule is CC(=O)C(C)(C)n1cc(C)c(C)n1. The van der Waals surface area contributed by atoms with Crippen molar-refractivity contribution >= 4 is 5.78 Å². The molecule has 0 aliphatic carbocycles. The Kier molecular flexibility index (Phi) is 2.28. The standard InChI is InChI=1S/C10H16N2O/c1-7-6-12(11-8(7)2)10(4,5)9(3)13/h6H,1-5H3. The number of nitrogens with zero attached hydrogens (tertiary/aromatic N) is 2. The lowest BCUT2D eigenvalue weighted by Gasteiger charge is -2.21. The number of Topliss-reactive ketones (excluding diaryl/α,β-unsaturated/α-hetero) is 1. The quantitative estimate of drug-likeness (QED) is 0.696. The maximum Gasteiger partial charge on any atom is 0.156 e. The summed E-state index contributed by atoms with van der Waals surface area (Å²) in [7, 11) is 0. The van der Waals surface area contributed by atoms with E-state index in [1.165, 1.54) is 0 Å². The van der Waals surface area contributed by atoms with Gasteiger partial charge in [-0.25, -0.2) is 0 Å². The molecule has 0 unspecified atom stereocenters. The van der Waals surface area contributed by atoms with Crippen LogP contribution in [0.3, 0.4) is 0 Å². The predicted octanol–water partition coefficient (Wildman–Crippen LogP) is 1.82. The average molecular weight is 180 g/mol. The number of aryl methyl sites for hydroxylation is 2. The Morgan fingerprint density at radius 3 is 2.31 bits per heavy atom. The molecule has 1 aromatic rings. The predicted molar refractivity (Wildman–Crippen MR) is 51.7 cm³/mol. The van der Waals surface area contributed by atoms with Crippen molar-refractivity contribution in [2.75, 3.05) is 0 Å². The monoisotopic (exact) mass is 180 g/mol. The van der Waals surface area contributed by atoms with Crippen LogP contribution in [0.15, 0.2) is 6.20 Å². The summed E-state index contributed by atoms with van der Waals surface area (Å²) in [5, 5.41) is 4.30. The highest BCUT2D eigenvalue weighted by molar-refractivity contribution is 5.83. The maximum atomic E-state index is 11.3. The third-order valence-corrected chi connectivity index (χ3v) is 2.58. The molecule has 0 aliphatic rings. The molecule has 0 atom stereocenters. The van der Waals surface area contributed by atoms with E-state index in [0.29, 0.717) is 0 Å². The fraction of sp³-hybridized carbons (Fsp3) is 0.600. The van der Waals surface area contributed by atoms with E-state index < -0.39 is 5.54 Å². The fourth-order valence-electron chi connectivity index (χ4n) is 0.994. The minimum absolute atomic E-state index is 0.120. The molecule has 0 aliphatic heterocycles. The van der Waals surface area contributed by atoms with Crippen LogP contribution >= 0.6 is 0 Å². The van der Waals surface area contributed by atoms with E-state index in [9.17, 15) is 4.79 Å². The number of aromatic nitrogens is 2. The molecule has 0 fully saturated rings. The fourth-order valence-corrected chi connectivity index (χ4v) is 0.994. The molecule has 0 radical (unpaired) electrons. The molecule has 0 spiro atoms. The molecule has 72 valence electrons. The third kappa shape index (κ3) is 1.64. The summed E-state index contributed by atoms with van der Waals surface area (Å²) in [5.41, 5.74) is 1.57. The molecule has 0 aromatic carbocycles. The van der Waals surface area contributed by atoms with Gasteiger partial charge in [-0.3, -0.25) is 9.48 Å². The van der Waals surface area contributed by atoms with Gasteiger partial charge >= 0.3 is 0 Å². The van der Waals surface area contributed by atoms with Crippen LogP contribution in [0.25, 0.3) is 0 Å². The van der Waals surface area contributed by atoms with Gasteiger partial charge in [-0.05, 0) is 40.2 Å². The van der Waals surface area contributed by atoms with Gasteiger partial charge in [-0.1, -0.05) is 0 Å². The van der Waals surface area contributed by atoms with E-state index in [2.05, 4.69) is 5.10 Å². The maximum absolute atomic E-state index is 11.3. The second kappa shape index (κ2) is 2.98. The van der Waals surface area contributed by atoms with E-state index in [4.69, 9.17) is 0 Å². The van der Waals surface area contributed by atoms with Gasteiger partial charge < -0.3 is 0 Å². The zero-order valence-electron chi connectivity index (χ0n) is 8.88. The Morgan fingerprint density at radius 2 is 2.00 bits per heavy atom. The summed E-state index contributed by atoms with van der Waals surface area (Å²) >= 11 is 0. The lowest BCUT2D eigenvalue weighted by molar-refractivity contribution is -0.124. The number of hydrogen-bond donors (Lipinski definition) is 0. The van der Waals surface area contributed by atoms with Crippen LogP contribution in [0.5, 0.6) is 0 Å². The molecule has 0 bridgehead atoms. The van der Waals surface area contributed by atoms with E-state index in [1.54, 1.807) is 11.6 Å². The Hall–Kier alpha value is -1.12. The molecule has 0 saturated heterocycles. The zero-order valence-corrected chi connectivity index (χ0v) is 8.88. The molecule has 1 heterocycles. The van der Waals surface area contributed by atoms with Crippen molar-refractivity contribution in [3.05, 3.63) is 17.5 Å². The number of ketones is 1. The van der Waals surface area contributed by atoms with Crippen molar-refractivity contribution < 1.29 is 4.79 Å². The minimum Gasteiger partial charge on any atom is -0.297 e. The molecule has 3 heteroatoms. The van der Waals surface area contributed by atoms with Crippen molar-refractivity contribution in [3.8, 4) is 0 Å². The lowest BCUT2D eigenvalue weighted by Crippen LogP contribution is -2.34. The summed E-state index contributed by atoms with van der Waals surface area (Å²) in [6, 6.07) is 0. The first-order valence-electron chi connectivity index (χ1n) is 4.40. The molecule has 0 N–H and O–H groups in total. The topological polar surface area (TPSA) is 34.9 Å². The molecule has 0 amide bonds. The van der Waals surface area contributed by atoms with E-state index in [1.807, 2.05) is 33.9 Å². The average Bonchev–Trinajstić information content (AvgIpc) is 2.32. The molecule has 1 aromatic heterocycles. The van der Waals surface area contributed by atoms with Crippen molar-refractivity contribution in [1.29, 1.82) is 0 Å². The van der Waals surface area contributed by atoms with Crippen molar-refractivity contribution in [1.82, 2.24) is 9.78 Å². The van der Waals surface area contributed by atoms with Gasteiger partial charge in [0.15, 0.2) is 5.78 Å².